The molecule has 1 aromatic carbocycles. The molecule has 0 amide bonds. The standard InChI is InChI=1S/C16H17F6N5O/c17-10-6-12(19)11(18)4-8(10)3-9(23)5-14(28)26-1-2-27(13(24)7-26)15(25)16(20,21)22/h4,6,9,24-25H,1-3,5,7,23H2/p+1. The number of piperazine rings is 1. The second-order valence-corrected chi connectivity index (χ2v) is 6.31. The highest BCUT2D eigenvalue weighted by Gasteiger charge is 2.42. The highest BCUT2D eigenvalue weighted by atomic mass is 19.4. The lowest BCUT2D eigenvalue weighted by Gasteiger charge is -2.28. The van der Waals surface area contributed by atoms with E-state index < -0.39 is 41.3 Å². The first kappa shape index (κ1) is 21.7. The van der Waals surface area contributed by atoms with Crippen LogP contribution in [-0.4, -0.2) is 64.0 Å². The van der Waals surface area contributed by atoms with E-state index in [1.165, 1.54) is 4.58 Å². The van der Waals surface area contributed by atoms with Gasteiger partial charge in [0.15, 0.2) is 24.0 Å². The maximum absolute atomic E-state index is 13.7. The van der Waals surface area contributed by atoms with Gasteiger partial charge in [0.2, 0.25) is 12.4 Å². The lowest BCUT2D eigenvalue weighted by molar-refractivity contribution is -0.528. The quantitative estimate of drug-likeness (QED) is 0.201. The van der Waals surface area contributed by atoms with Gasteiger partial charge in [-0.3, -0.25) is 15.7 Å². The van der Waals surface area contributed by atoms with Crippen LogP contribution in [0.3, 0.4) is 0 Å². The Labute approximate surface area is 155 Å². The van der Waals surface area contributed by atoms with Gasteiger partial charge in [0, 0.05) is 12.1 Å². The van der Waals surface area contributed by atoms with Crippen molar-refractivity contribution in [3.05, 3.63) is 35.1 Å². The van der Waals surface area contributed by atoms with Gasteiger partial charge in [-0.05, 0) is 18.1 Å². The molecular formula is C16H18F6N5O+. The summed E-state index contributed by atoms with van der Waals surface area (Å²) in [4.78, 5) is 0.486. The summed E-state index contributed by atoms with van der Waals surface area (Å²) < 4.78 is 78.8. The summed E-state index contributed by atoms with van der Waals surface area (Å²) in [6.45, 7) is -0.816. The zero-order valence-corrected chi connectivity index (χ0v) is 14.5. The third-order valence-corrected chi connectivity index (χ3v) is 4.18. The summed E-state index contributed by atoms with van der Waals surface area (Å²) in [5, 5.41) is 24.9. The first-order chi connectivity index (χ1) is 12.9. The van der Waals surface area contributed by atoms with Crippen LogP contribution >= 0.6 is 0 Å². The number of nitrogens with two attached hydrogens (primary N) is 1. The molecular weight excluding hydrogens is 392 g/mol. The molecule has 0 spiro atoms. The number of nitrogens with zero attached hydrogens (tertiary/aromatic N) is 2. The summed E-state index contributed by atoms with van der Waals surface area (Å²) >= 11 is 0. The second-order valence-electron chi connectivity index (χ2n) is 6.31. The van der Waals surface area contributed by atoms with Crippen LogP contribution < -0.4 is 5.73 Å². The average molecular weight is 410 g/mol. The Morgan fingerprint density at radius 1 is 1.21 bits per heavy atom. The van der Waals surface area contributed by atoms with Gasteiger partial charge in [0.05, 0.1) is 13.0 Å². The van der Waals surface area contributed by atoms with Crippen LogP contribution in [0.15, 0.2) is 12.1 Å². The first-order valence-electron chi connectivity index (χ1n) is 8.09. The summed E-state index contributed by atoms with van der Waals surface area (Å²) in [5.74, 6) is -6.10. The molecule has 0 saturated carbocycles. The van der Waals surface area contributed by atoms with Gasteiger partial charge < -0.3 is 10.8 Å². The minimum Gasteiger partial charge on any atom is -0.463 e. The van der Waals surface area contributed by atoms with Crippen LogP contribution in [0.25, 0.3) is 0 Å². The Kier molecular flexibility index (Phi) is 6.32. The monoisotopic (exact) mass is 410 g/mol. The van der Waals surface area contributed by atoms with Gasteiger partial charge in [0.25, 0.3) is 0 Å². The van der Waals surface area contributed by atoms with E-state index in [2.05, 4.69) is 0 Å². The fourth-order valence-electron chi connectivity index (χ4n) is 2.76. The highest BCUT2D eigenvalue weighted by molar-refractivity contribution is 6.01. The van der Waals surface area contributed by atoms with Crippen LogP contribution in [0.4, 0.5) is 26.3 Å². The van der Waals surface area contributed by atoms with Crippen molar-refractivity contribution in [1.29, 1.82) is 10.8 Å². The summed E-state index contributed by atoms with van der Waals surface area (Å²) in [5.41, 5.74) is 5.62. The van der Waals surface area contributed by atoms with Crippen molar-refractivity contribution >= 4 is 17.6 Å². The normalized spacial score (nSPS) is 18.2. The van der Waals surface area contributed by atoms with Crippen molar-refractivity contribution in [2.45, 2.75) is 25.1 Å². The van der Waals surface area contributed by atoms with E-state index in [4.69, 9.17) is 16.6 Å². The third kappa shape index (κ3) is 5.00. The molecule has 1 fully saturated rings. The number of halogens is 6. The van der Waals surface area contributed by atoms with Crippen molar-refractivity contribution in [3.63, 3.8) is 0 Å². The predicted octanol–water partition coefficient (Wildman–Crippen LogP) is 2.17. The largest absolute Gasteiger partial charge is 0.463 e. The number of hydrogen-bond acceptors (Lipinski definition) is 3. The fourth-order valence-corrected chi connectivity index (χ4v) is 2.76. The number of amidine groups is 2. The molecule has 12 heteroatoms. The first-order valence-corrected chi connectivity index (χ1v) is 8.09. The molecule has 154 valence electrons. The molecule has 28 heavy (non-hydrogen) atoms. The predicted molar refractivity (Wildman–Crippen MR) is 88.5 cm³/mol. The molecule has 2 rings (SSSR count). The second kappa shape index (κ2) is 8.17. The number of aliphatic hydroxyl groups excluding tert-OH is 1. The molecule has 0 bridgehead atoms. The van der Waals surface area contributed by atoms with E-state index in [-0.39, 0.29) is 43.9 Å². The maximum Gasteiger partial charge on any atom is 0.449 e. The molecule has 1 aliphatic heterocycles. The third-order valence-electron chi connectivity index (χ3n) is 4.18. The molecule has 1 heterocycles. The molecule has 1 aromatic rings. The zero-order chi connectivity index (χ0) is 21.2. The molecule has 1 atom stereocenters. The van der Waals surface area contributed by atoms with E-state index >= 15 is 0 Å². The van der Waals surface area contributed by atoms with Crippen LogP contribution in [0, 0.1) is 28.3 Å². The van der Waals surface area contributed by atoms with Gasteiger partial charge in [0.1, 0.15) is 5.82 Å². The van der Waals surface area contributed by atoms with Crippen LogP contribution in [0.2, 0.25) is 0 Å². The van der Waals surface area contributed by atoms with Crippen molar-refractivity contribution < 1.29 is 36.0 Å². The van der Waals surface area contributed by atoms with Crippen molar-refractivity contribution in [1.82, 2.24) is 4.90 Å². The summed E-state index contributed by atoms with van der Waals surface area (Å²) in [6.07, 6.45) is -5.33. The highest BCUT2D eigenvalue weighted by Crippen LogP contribution is 2.20. The van der Waals surface area contributed by atoms with E-state index in [1.807, 2.05) is 0 Å². The Hall–Kier alpha value is -2.63. The molecule has 6 nitrogen and oxygen atoms in total. The fraction of sp³-hybridized carbons (Fsp3) is 0.438. The van der Waals surface area contributed by atoms with Gasteiger partial charge in [-0.25, -0.2) is 13.2 Å². The van der Waals surface area contributed by atoms with Crippen molar-refractivity contribution in [3.8, 4) is 0 Å². The lowest BCUT2D eigenvalue weighted by atomic mass is 10.0. The van der Waals surface area contributed by atoms with Crippen LogP contribution in [-0.2, 0) is 6.42 Å². The molecule has 1 unspecified atom stereocenters. The Morgan fingerprint density at radius 2 is 1.82 bits per heavy atom. The topological polar surface area (TPSA) is 100 Å². The van der Waals surface area contributed by atoms with E-state index in [1.54, 1.807) is 0 Å². The minimum atomic E-state index is -4.89. The van der Waals surface area contributed by atoms with Gasteiger partial charge in [-0.1, -0.05) is 0 Å². The summed E-state index contributed by atoms with van der Waals surface area (Å²) in [7, 11) is 0. The van der Waals surface area contributed by atoms with E-state index in [0.717, 1.165) is 0 Å². The summed E-state index contributed by atoms with van der Waals surface area (Å²) in [6, 6.07) is 0.163. The molecule has 5 N–H and O–H groups in total. The number of aliphatic hydroxyl groups is 1. The number of hydrogen-bond donors (Lipinski definition) is 4. The van der Waals surface area contributed by atoms with Crippen molar-refractivity contribution in [2.75, 3.05) is 19.6 Å². The smallest absolute Gasteiger partial charge is 0.449 e. The Morgan fingerprint density at radius 3 is 2.39 bits per heavy atom. The SMILES string of the molecule is N=C1C[N+](=C(O)CC(N)Cc2cc(F)c(F)cc2F)CCN1C(=N)C(F)(F)F. The van der Waals surface area contributed by atoms with Gasteiger partial charge in [-0.2, -0.15) is 17.7 Å². The minimum absolute atomic E-state index is 0.0983. The molecule has 0 aromatic heterocycles. The maximum atomic E-state index is 13.7. The molecule has 0 aliphatic carbocycles. The number of benzene rings is 1. The Bertz CT molecular complexity index is 822. The van der Waals surface area contributed by atoms with Crippen LogP contribution in [0.5, 0.6) is 0 Å². The van der Waals surface area contributed by atoms with Gasteiger partial charge in [-0.15, -0.1) is 0 Å². The van der Waals surface area contributed by atoms with E-state index in [9.17, 15) is 31.4 Å². The van der Waals surface area contributed by atoms with Crippen molar-refractivity contribution in [2.24, 2.45) is 5.73 Å². The van der Waals surface area contributed by atoms with Crippen LogP contribution in [0.1, 0.15) is 12.0 Å². The number of rotatable bonds is 4. The number of nitrogens with one attached hydrogen (secondary N) is 2. The molecule has 0 radical (unpaired) electrons. The Balaban J connectivity index is 2.03. The lowest BCUT2D eigenvalue weighted by Crippen LogP contribution is -2.54. The molecule has 1 aliphatic rings. The van der Waals surface area contributed by atoms with E-state index in [0.29, 0.717) is 17.0 Å². The zero-order valence-electron chi connectivity index (χ0n) is 14.5. The number of alkyl halides is 3. The average Bonchev–Trinajstić information content (AvgIpc) is 2.58. The molecule has 1 saturated heterocycles. The van der Waals surface area contributed by atoms with Gasteiger partial charge >= 0.3 is 12.1 Å².